The van der Waals surface area contributed by atoms with E-state index in [4.69, 9.17) is 4.74 Å². The Kier molecular flexibility index (Phi) is 9.50. The van der Waals surface area contributed by atoms with Gasteiger partial charge in [0.1, 0.15) is 0 Å². The van der Waals surface area contributed by atoms with Gasteiger partial charge in [0, 0.05) is 0 Å². The minimum atomic E-state index is -0.00317. The summed E-state index contributed by atoms with van der Waals surface area (Å²) < 4.78 is 5.12. The summed E-state index contributed by atoms with van der Waals surface area (Å²) in [4.78, 5) is 11.7. The van der Waals surface area contributed by atoms with Gasteiger partial charge in [0.05, 0.1) is 12.5 Å². The summed E-state index contributed by atoms with van der Waals surface area (Å²) in [6.45, 7) is 9.39. The van der Waals surface area contributed by atoms with Crippen molar-refractivity contribution >= 4 is 5.97 Å². The van der Waals surface area contributed by atoms with Crippen molar-refractivity contribution in [2.24, 2.45) is 17.8 Å². The highest BCUT2D eigenvalue weighted by atomic mass is 16.5. The number of rotatable bonds is 10. The molecule has 0 aliphatic heterocycles. The van der Waals surface area contributed by atoms with Gasteiger partial charge in [0.2, 0.25) is 0 Å². The van der Waals surface area contributed by atoms with Gasteiger partial charge >= 0.3 is 5.97 Å². The third-order valence-corrected chi connectivity index (χ3v) is 4.80. The first-order valence-corrected chi connectivity index (χ1v) is 9.37. The van der Waals surface area contributed by atoms with Gasteiger partial charge in [-0.15, -0.1) is 0 Å². The second kappa shape index (κ2) is 10.9. The van der Waals surface area contributed by atoms with Crippen LogP contribution in [0.25, 0.3) is 0 Å². The highest BCUT2D eigenvalue weighted by molar-refractivity contribution is 5.72. The molecular formula is C20H36O2. The fourth-order valence-corrected chi connectivity index (χ4v) is 3.29. The molecule has 0 N–H and O–H groups in total. The highest BCUT2D eigenvalue weighted by Gasteiger charge is 2.22. The molecule has 2 unspecified atom stereocenters. The molecule has 0 amide bonds. The topological polar surface area (TPSA) is 26.3 Å². The van der Waals surface area contributed by atoms with E-state index in [9.17, 15) is 4.79 Å². The second-order valence-corrected chi connectivity index (χ2v) is 7.41. The van der Waals surface area contributed by atoms with Gasteiger partial charge in [-0.05, 0) is 50.9 Å². The summed E-state index contributed by atoms with van der Waals surface area (Å²) in [5, 5.41) is 0. The zero-order chi connectivity index (χ0) is 16.4. The quantitative estimate of drug-likeness (QED) is 0.370. The van der Waals surface area contributed by atoms with Crippen LogP contribution in [0.3, 0.4) is 0 Å². The van der Waals surface area contributed by atoms with E-state index in [1.807, 2.05) is 6.92 Å². The molecule has 0 bridgehead atoms. The van der Waals surface area contributed by atoms with Crippen LogP contribution >= 0.6 is 0 Å². The molecule has 1 aliphatic rings. The Labute approximate surface area is 137 Å². The second-order valence-electron chi connectivity index (χ2n) is 7.41. The summed E-state index contributed by atoms with van der Waals surface area (Å²) in [7, 11) is 0. The molecule has 2 atom stereocenters. The Bertz CT molecular complexity index is 344. The van der Waals surface area contributed by atoms with Gasteiger partial charge in [-0.25, -0.2) is 0 Å². The van der Waals surface area contributed by atoms with Gasteiger partial charge in [-0.3, -0.25) is 4.79 Å². The average molecular weight is 309 g/mol. The molecule has 0 saturated heterocycles. The summed E-state index contributed by atoms with van der Waals surface area (Å²) in [5.74, 6) is 1.80. The van der Waals surface area contributed by atoms with Gasteiger partial charge in [0.25, 0.3) is 0 Å². The van der Waals surface area contributed by atoms with Crippen LogP contribution in [0.4, 0.5) is 0 Å². The van der Waals surface area contributed by atoms with Crippen LogP contribution in [0, 0.1) is 17.8 Å². The van der Waals surface area contributed by atoms with Crippen molar-refractivity contribution in [3.63, 3.8) is 0 Å². The molecule has 0 radical (unpaired) electrons. The molecule has 0 saturated carbocycles. The van der Waals surface area contributed by atoms with Crippen LogP contribution in [0.2, 0.25) is 0 Å². The Morgan fingerprint density at radius 3 is 2.55 bits per heavy atom. The van der Waals surface area contributed by atoms with Gasteiger partial charge < -0.3 is 4.74 Å². The van der Waals surface area contributed by atoms with E-state index >= 15 is 0 Å². The molecule has 0 heterocycles. The molecule has 0 aromatic rings. The summed E-state index contributed by atoms with van der Waals surface area (Å²) in [6, 6.07) is 0. The SMILES string of the molecule is CCOC(=O)C1CC=C(CCCC(C)CCCC(C)C)CC1. The molecule has 128 valence electrons. The number of hydrogen-bond acceptors (Lipinski definition) is 2. The molecule has 1 rings (SSSR count). The normalized spacial score (nSPS) is 19.9. The Balaban J connectivity index is 2.14. The maximum absolute atomic E-state index is 11.7. The average Bonchev–Trinajstić information content (AvgIpc) is 2.48. The minimum Gasteiger partial charge on any atom is -0.466 e. The first-order valence-electron chi connectivity index (χ1n) is 9.37. The van der Waals surface area contributed by atoms with Crippen LogP contribution in [0.15, 0.2) is 11.6 Å². The molecule has 0 aromatic carbocycles. The zero-order valence-corrected chi connectivity index (χ0v) is 15.2. The third-order valence-electron chi connectivity index (χ3n) is 4.80. The van der Waals surface area contributed by atoms with Crippen molar-refractivity contribution < 1.29 is 9.53 Å². The number of allylic oxidation sites excluding steroid dienone is 2. The first kappa shape index (κ1) is 19.3. The summed E-state index contributed by atoms with van der Waals surface area (Å²) in [5.41, 5.74) is 1.56. The van der Waals surface area contributed by atoms with Gasteiger partial charge in [-0.1, -0.05) is 58.1 Å². The van der Waals surface area contributed by atoms with Crippen molar-refractivity contribution in [3.05, 3.63) is 11.6 Å². The van der Waals surface area contributed by atoms with E-state index in [2.05, 4.69) is 26.8 Å². The van der Waals surface area contributed by atoms with Crippen molar-refractivity contribution in [1.82, 2.24) is 0 Å². The van der Waals surface area contributed by atoms with Crippen LogP contribution in [0.5, 0.6) is 0 Å². The van der Waals surface area contributed by atoms with E-state index in [0.29, 0.717) is 6.61 Å². The van der Waals surface area contributed by atoms with Gasteiger partial charge in [0.15, 0.2) is 0 Å². The number of hydrogen-bond donors (Lipinski definition) is 0. The maximum Gasteiger partial charge on any atom is 0.309 e. The Hall–Kier alpha value is -0.790. The predicted octanol–water partition coefficient (Wildman–Crippen LogP) is 5.91. The van der Waals surface area contributed by atoms with Crippen LogP contribution in [0.1, 0.15) is 85.5 Å². The molecule has 1 aliphatic carbocycles. The van der Waals surface area contributed by atoms with Crippen LogP contribution in [-0.2, 0) is 9.53 Å². The zero-order valence-electron chi connectivity index (χ0n) is 15.2. The number of carbonyl (C=O) groups is 1. The van der Waals surface area contributed by atoms with Crippen molar-refractivity contribution in [2.75, 3.05) is 6.61 Å². The molecule has 0 spiro atoms. The third kappa shape index (κ3) is 8.00. The molecule has 2 heteroatoms. The van der Waals surface area contributed by atoms with Gasteiger partial charge in [-0.2, -0.15) is 0 Å². The number of carbonyl (C=O) groups excluding carboxylic acids is 1. The summed E-state index contributed by atoms with van der Waals surface area (Å²) in [6.07, 6.45) is 13.3. The van der Waals surface area contributed by atoms with Crippen molar-refractivity contribution in [2.45, 2.75) is 85.5 Å². The molecule has 0 fully saturated rings. The number of esters is 1. The molecule has 2 nitrogen and oxygen atoms in total. The Morgan fingerprint density at radius 2 is 1.95 bits per heavy atom. The molecule has 0 aromatic heterocycles. The number of ether oxygens (including phenoxy) is 1. The lowest BCUT2D eigenvalue weighted by atomic mass is 9.86. The van der Waals surface area contributed by atoms with Crippen molar-refractivity contribution in [3.8, 4) is 0 Å². The van der Waals surface area contributed by atoms with E-state index in [0.717, 1.165) is 31.1 Å². The van der Waals surface area contributed by atoms with E-state index < -0.39 is 0 Å². The maximum atomic E-state index is 11.7. The first-order chi connectivity index (χ1) is 10.5. The smallest absolute Gasteiger partial charge is 0.309 e. The van der Waals surface area contributed by atoms with E-state index in [1.54, 1.807) is 5.57 Å². The minimum absolute atomic E-state index is 0.00317. The van der Waals surface area contributed by atoms with Crippen LogP contribution < -0.4 is 0 Å². The Morgan fingerprint density at radius 1 is 1.23 bits per heavy atom. The fraction of sp³-hybridized carbons (Fsp3) is 0.850. The molecule has 22 heavy (non-hydrogen) atoms. The largest absolute Gasteiger partial charge is 0.466 e. The van der Waals surface area contributed by atoms with E-state index in [1.165, 1.54) is 38.5 Å². The lowest BCUT2D eigenvalue weighted by Gasteiger charge is -2.21. The standard InChI is InChI=1S/C20H36O2/c1-5-22-20(21)19-14-12-18(13-15-19)11-7-10-17(4)9-6-8-16(2)3/h12,16-17,19H,5-11,13-15H2,1-4H3. The summed E-state index contributed by atoms with van der Waals surface area (Å²) >= 11 is 0. The molecular weight excluding hydrogens is 272 g/mol. The lowest BCUT2D eigenvalue weighted by molar-refractivity contribution is -0.148. The highest BCUT2D eigenvalue weighted by Crippen LogP contribution is 2.28. The lowest BCUT2D eigenvalue weighted by Crippen LogP contribution is -2.19. The fourth-order valence-electron chi connectivity index (χ4n) is 3.29. The van der Waals surface area contributed by atoms with Crippen LogP contribution in [-0.4, -0.2) is 12.6 Å². The monoisotopic (exact) mass is 308 g/mol. The predicted molar refractivity (Wildman–Crippen MR) is 93.8 cm³/mol. The van der Waals surface area contributed by atoms with E-state index in [-0.39, 0.29) is 11.9 Å². The van der Waals surface area contributed by atoms with Crippen molar-refractivity contribution in [1.29, 1.82) is 0 Å².